The molecule has 0 spiro atoms. The van der Waals surface area contributed by atoms with Gasteiger partial charge in [0.1, 0.15) is 0 Å². The summed E-state index contributed by atoms with van der Waals surface area (Å²) in [6.07, 6.45) is 12.2. The lowest BCUT2D eigenvalue weighted by Gasteiger charge is -2.05. The van der Waals surface area contributed by atoms with Gasteiger partial charge in [0.05, 0.1) is 11.5 Å². The average molecular weight is 399 g/mol. The quantitative estimate of drug-likeness (QED) is 0.109. The summed E-state index contributed by atoms with van der Waals surface area (Å²) < 4.78 is 4.86. The topological polar surface area (TPSA) is 113 Å². The summed E-state index contributed by atoms with van der Waals surface area (Å²) in [7, 11) is 0. The van der Waals surface area contributed by atoms with Crippen LogP contribution in [-0.4, -0.2) is 28.5 Å². The summed E-state index contributed by atoms with van der Waals surface area (Å²) in [5.41, 5.74) is 0.0911. The summed E-state index contributed by atoms with van der Waals surface area (Å²) in [4.78, 5) is 32.6. The zero-order chi connectivity index (χ0) is 21.2. The number of nitrogens with zero attached hydrogens (tertiary/aromatic N) is 2. The van der Waals surface area contributed by atoms with Gasteiger partial charge in [0.25, 0.3) is 0 Å². The zero-order valence-electron chi connectivity index (χ0n) is 17.1. The van der Waals surface area contributed by atoms with Crippen LogP contribution >= 0.6 is 0 Å². The van der Waals surface area contributed by atoms with Crippen LogP contribution in [0, 0.1) is 20.2 Å². The van der Waals surface area contributed by atoms with Gasteiger partial charge in [0, 0.05) is 30.3 Å². The van der Waals surface area contributed by atoms with Crippen LogP contribution in [0.5, 0.6) is 0 Å². The molecule has 0 aromatic rings. The number of hydrogen-bond donors (Lipinski definition) is 0. The van der Waals surface area contributed by atoms with Crippen molar-refractivity contribution < 1.29 is 19.4 Å². The van der Waals surface area contributed by atoms with E-state index in [9.17, 15) is 25.0 Å². The van der Waals surface area contributed by atoms with Crippen LogP contribution in [0.2, 0.25) is 0 Å². The van der Waals surface area contributed by atoms with Crippen molar-refractivity contribution in [3.8, 4) is 0 Å². The van der Waals surface area contributed by atoms with E-state index in [1.807, 2.05) is 6.92 Å². The number of ether oxygens (including phenoxy) is 1. The van der Waals surface area contributed by atoms with Gasteiger partial charge in [-0.2, -0.15) is 0 Å². The van der Waals surface area contributed by atoms with E-state index in [1.165, 1.54) is 18.2 Å². The Morgan fingerprint density at radius 3 is 2.21 bits per heavy atom. The number of unbranched alkanes of at least 4 members (excludes halogenated alkanes) is 6. The smallest absolute Gasteiger partial charge is 0.305 e. The van der Waals surface area contributed by atoms with Crippen LogP contribution in [0.1, 0.15) is 84.5 Å². The second-order valence-electron chi connectivity index (χ2n) is 6.72. The van der Waals surface area contributed by atoms with E-state index >= 15 is 0 Å². The third-order valence-corrected chi connectivity index (χ3v) is 4.35. The molecule has 1 atom stereocenters. The lowest BCUT2D eigenvalue weighted by molar-refractivity contribution is -0.510. The Hall–Kier alpha value is -2.25. The molecule has 0 fully saturated rings. The fourth-order valence-corrected chi connectivity index (χ4v) is 2.74. The molecule has 0 bridgehead atoms. The minimum absolute atomic E-state index is 0.0911. The molecule has 0 aliphatic rings. The van der Waals surface area contributed by atoms with Crippen molar-refractivity contribution in [2.75, 3.05) is 6.61 Å². The minimum atomic E-state index is -0.834. The number of carbonyl (C=O) groups excluding carboxylic acids is 1. The molecule has 28 heavy (non-hydrogen) atoms. The van der Waals surface area contributed by atoms with E-state index < -0.39 is 11.0 Å². The number of allylic oxidation sites excluding steroid dienone is 3. The first-order valence-electron chi connectivity index (χ1n) is 10.2. The summed E-state index contributed by atoms with van der Waals surface area (Å²) in [5, 5.41) is 22.2. The van der Waals surface area contributed by atoms with Crippen LogP contribution in [0.3, 0.4) is 0 Å². The van der Waals surface area contributed by atoms with E-state index in [0.717, 1.165) is 44.9 Å². The average Bonchev–Trinajstić information content (AvgIpc) is 2.64. The van der Waals surface area contributed by atoms with E-state index in [-0.39, 0.29) is 16.6 Å². The molecule has 8 heteroatoms. The maximum atomic E-state index is 11.2. The van der Waals surface area contributed by atoms with Gasteiger partial charge in [0.2, 0.25) is 11.7 Å². The fraction of sp³-hybridized carbons (Fsp3) is 0.750. The fourth-order valence-electron chi connectivity index (χ4n) is 2.74. The van der Waals surface area contributed by atoms with Crippen LogP contribution in [0.15, 0.2) is 23.9 Å². The molecule has 0 aliphatic carbocycles. The zero-order valence-corrected chi connectivity index (χ0v) is 17.1. The predicted octanol–water partition coefficient (Wildman–Crippen LogP) is 5.22. The Bertz CT molecular complexity index is 531. The van der Waals surface area contributed by atoms with Gasteiger partial charge >= 0.3 is 5.97 Å². The highest BCUT2D eigenvalue weighted by Crippen LogP contribution is 2.13. The Labute approximate surface area is 167 Å². The molecule has 0 aromatic heterocycles. The minimum Gasteiger partial charge on any atom is -0.466 e. The Kier molecular flexibility index (Phi) is 15.5. The number of rotatable bonds is 17. The van der Waals surface area contributed by atoms with Crippen molar-refractivity contribution >= 4 is 5.97 Å². The molecule has 0 heterocycles. The first kappa shape index (κ1) is 25.8. The van der Waals surface area contributed by atoms with Crippen LogP contribution < -0.4 is 0 Å². The second kappa shape index (κ2) is 16.9. The van der Waals surface area contributed by atoms with Crippen LogP contribution in [0.4, 0.5) is 0 Å². The van der Waals surface area contributed by atoms with E-state index in [1.54, 1.807) is 6.92 Å². The van der Waals surface area contributed by atoms with E-state index in [4.69, 9.17) is 4.74 Å². The molecule has 0 saturated carbocycles. The Balaban J connectivity index is 4.24. The monoisotopic (exact) mass is 398 g/mol. The third-order valence-electron chi connectivity index (χ3n) is 4.35. The summed E-state index contributed by atoms with van der Waals surface area (Å²) in [6, 6.07) is -0.834. The van der Waals surface area contributed by atoms with Crippen molar-refractivity contribution in [1.82, 2.24) is 0 Å². The predicted molar refractivity (Wildman–Crippen MR) is 108 cm³/mol. The van der Waals surface area contributed by atoms with Crippen LogP contribution in [0.25, 0.3) is 0 Å². The summed E-state index contributed by atoms with van der Waals surface area (Å²) >= 11 is 0. The van der Waals surface area contributed by atoms with Crippen LogP contribution in [-0.2, 0) is 9.53 Å². The number of nitro groups is 2. The van der Waals surface area contributed by atoms with Gasteiger partial charge in [-0.15, -0.1) is 0 Å². The molecule has 0 N–H and O–H groups in total. The normalized spacial score (nSPS) is 12.9. The molecule has 0 aromatic carbocycles. The molecule has 8 nitrogen and oxygen atoms in total. The van der Waals surface area contributed by atoms with Gasteiger partial charge in [-0.05, 0) is 32.3 Å². The number of carbonyl (C=O) groups is 1. The maximum absolute atomic E-state index is 11.2. The van der Waals surface area contributed by atoms with Gasteiger partial charge in [-0.3, -0.25) is 25.0 Å². The molecule has 0 aliphatic heterocycles. The Morgan fingerprint density at radius 1 is 0.964 bits per heavy atom. The summed E-state index contributed by atoms with van der Waals surface area (Å²) in [5.74, 6) is -0.183. The van der Waals surface area contributed by atoms with Gasteiger partial charge in [-0.25, -0.2) is 0 Å². The molecule has 0 amide bonds. The SMILES string of the molecule is CCCCC/C(=C\C=C\C(CCCCCCCC(=O)OCC)[N+](=O)[O-])[N+](=O)[O-]. The highest BCUT2D eigenvalue weighted by Gasteiger charge is 2.15. The summed E-state index contributed by atoms with van der Waals surface area (Å²) in [6.45, 7) is 4.20. The molecule has 1 unspecified atom stereocenters. The standard InChI is InChI=1S/C20H34N2O6/c1-3-5-9-13-18(21(24)25)15-12-16-19(22(26)27)14-10-7-6-8-11-17-20(23)28-4-2/h12,15-16,19H,3-11,13-14,17H2,1-2H3/b16-12+,18-15+. The maximum Gasteiger partial charge on any atom is 0.305 e. The largest absolute Gasteiger partial charge is 0.466 e. The molecule has 0 saturated heterocycles. The first-order valence-corrected chi connectivity index (χ1v) is 10.2. The lowest BCUT2D eigenvalue weighted by Crippen LogP contribution is -2.16. The molecule has 0 radical (unpaired) electrons. The van der Waals surface area contributed by atoms with Crippen molar-refractivity contribution in [2.24, 2.45) is 0 Å². The first-order chi connectivity index (χ1) is 13.4. The number of hydrogen-bond acceptors (Lipinski definition) is 6. The highest BCUT2D eigenvalue weighted by atomic mass is 16.6. The third kappa shape index (κ3) is 13.9. The molecule has 160 valence electrons. The van der Waals surface area contributed by atoms with Gasteiger partial charge in [0.15, 0.2) is 0 Å². The highest BCUT2D eigenvalue weighted by molar-refractivity contribution is 5.69. The molecular weight excluding hydrogens is 364 g/mol. The van der Waals surface area contributed by atoms with Crippen molar-refractivity contribution in [1.29, 1.82) is 0 Å². The molecular formula is C20H34N2O6. The van der Waals surface area contributed by atoms with Crippen molar-refractivity contribution in [3.05, 3.63) is 44.2 Å². The van der Waals surface area contributed by atoms with Gasteiger partial charge in [-0.1, -0.05) is 45.1 Å². The van der Waals surface area contributed by atoms with Gasteiger partial charge < -0.3 is 4.74 Å². The Morgan fingerprint density at radius 2 is 1.61 bits per heavy atom. The van der Waals surface area contributed by atoms with E-state index in [0.29, 0.717) is 32.3 Å². The van der Waals surface area contributed by atoms with Crippen molar-refractivity contribution in [2.45, 2.75) is 90.5 Å². The lowest BCUT2D eigenvalue weighted by atomic mass is 10.1. The second-order valence-corrected chi connectivity index (χ2v) is 6.72. The number of esters is 1. The molecule has 0 rings (SSSR count). The van der Waals surface area contributed by atoms with Crippen molar-refractivity contribution in [3.63, 3.8) is 0 Å². The van der Waals surface area contributed by atoms with E-state index in [2.05, 4.69) is 0 Å².